The van der Waals surface area contributed by atoms with Gasteiger partial charge >= 0.3 is 0 Å². The molecule has 6 saturated heterocycles. The normalized spacial score (nSPS) is 22.2. The molecule has 6 aliphatic heterocycles. The summed E-state index contributed by atoms with van der Waals surface area (Å²) in [5.41, 5.74) is 20.9. The van der Waals surface area contributed by atoms with Crippen LogP contribution in [0, 0.1) is 70.1 Å². The van der Waals surface area contributed by atoms with E-state index in [9.17, 15) is 71.9 Å². The van der Waals surface area contributed by atoms with E-state index < -0.39 is 92.0 Å². The Morgan fingerprint density at radius 1 is 0.473 bits per heavy atom. The predicted octanol–water partition coefficient (Wildman–Crippen LogP) is 8.20. The van der Waals surface area contributed by atoms with Gasteiger partial charge in [-0.3, -0.25) is 24.0 Å². The molecule has 7 N–H and O–H groups in total. The molecule has 2 unspecified atom stereocenters. The second-order valence-electron chi connectivity index (χ2n) is 25.3. The molecule has 0 saturated carbocycles. The maximum absolute atomic E-state index is 14.1. The molecule has 9 atom stereocenters. The van der Waals surface area contributed by atoms with Gasteiger partial charge in [0.15, 0.2) is 44.7 Å². The summed E-state index contributed by atoms with van der Waals surface area (Å²) in [6, 6.07) is 16.4. The number of hydrogen-bond acceptors (Lipinski definition) is 11. The summed E-state index contributed by atoms with van der Waals surface area (Å²) in [6.07, 6.45) is 8.45. The van der Waals surface area contributed by atoms with Crippen LogP contribution in [0.2, 0.25) is 0 Å². The molecule has 26 heteroatoms. The van der Waals surface area contributed by atoms with Crippen LogP contribution in [0.3, 0.4) is 0 Å². The second-order valence-corrected chi connectivity index (χ2v) is 27.4. The zero-order valence-electron chi connectivity index (χ0n) is 51.6. The molecule has 5 aromatic rings. The van der Waals surface area contributed by atoms with Crippen molar-refractivity contribution in [3.8, 4) is 0 Å². The van der Waals surface area contributed by atoms with E-state index in [0.717, 1.165) is 50.1 Å². The quantitative estimate of drug-likeness (QED) is 0.0576. The first-order chi connectivity index (χ1) is 44.2. The maximum atomic E-state index is 14.1. The predicted molar refractivity (Wildman–Crippen MR) is 327 cm³/mol. The number of halogens is 9. The summed E-state index contributed by atoms with van der Waals surface area (Å²) in [4.78, 5) is 70.5. The van der Waals surface area contributed by atoms with Crippen molar-refractivity contribution in [2.45, 2.75) is 126 Å². The van der Waals surface area contributed by atoms with Crippen LogP contribution in [0.25, 0.3) is 0 Å². The number of ether oxygens (including phenoxy) is 1. The number of hydrogen-bond donors (Lipinski definition) is 4. The number of benzene rings is 5. The van der Waals surface area contributed by atoms with Gasteiger partial charge in [0.05, 0.1) is 13.2 Å². The van der Waals surface area contributed by atoms with Crippen molar-refractivity contribution < 1.29 is 76.6 Å². The van der Waals surface area contributed by atoms with Gasteiger partial charge in [-0.2, -0.15) is 0 Å². The lowest BCUT2D eigenvalue weighted by atomic mass is 9.82. The molecule has 11 rings (SSSR count). The number of carbonyl (C=O) groups is 5. The van der Waals surface area contributed by atoms with Crippen LogP contribution >= 0.6 is 0 Å². The first-order valence-electron chi connectivity index (χ1n) is 31.2. The number of nitrogens with one attached hydrogen (secondary N) is 1. The Bertz CT molecular complexity index is 3660. The van der Waals surface area contributed by atoms with Crippen LogP contribution in [0.15, 0.2) is 84.9 Å². The molecule has 502 valence electrons. The highest BCUT2D eigenvalue weighted by molar-refractivity contribution is 7.91. The number of morpholine rings is 1. The van der Waals surface area contributed by atoms with Crippen LogP contribution in [0.5, 0.6) is 0 Å². The number of piperidine rings is 3. The van der Waals surface area contributed by atoms with E-state index in [-0.39, 0.29) is 102 Å². The SMILES string of the molecule is CNC(=O)c1cccc(C(=O)N2[C@@H]3CC[C@H]2CC([C@H](N)Cc2cc(F)c(F)cc2F)C3)c1.CS(=O)(=O)CC(=O)N1CCC([C@H](N)Cc2cc(F)c(F)cc2F)CC1.N[C@H](Cc1cc(F)c(F)cc1F)C1C[C@H]2CC[C@@H](C1)N2C(=O)c1cccc(C(=O)N2CCOCC2)c1. The molecule has 5 aromatic carbocycles. The maximum Gasteiger partial charge on any atom is 0.254 e. The van der Waals surface area contributed by atoms with E-state index in [2.05, 4.69) is 5.32 Å². The Morgan fingerprint density at radius 3 is 1.19 bits per heavy atom. The Kier molecular flexibility index (Phi) is 22.8. The number of amides is 5. The van der Waals surface area contributed by atoms with Crippen LogP contribution in [-0.2, 0) is 38.6 Å². The Hall–Kier alpha value is -7.39. The lowest BCUT2D eigenvalue weighted by Gasteiger charge is -2.41. The van der Waals surface area contributed by atoms with E-state index in [1.165, 1.54) is 11.9 Å². The average Bonchev–Trinajstić information content (AvgIpc) is 1.69. The Morgan fingerprint density at radius 2 is 0.817 bits per heavy atom. The minimum atomic E-state index is -3.38. The summed E-state index contributed by atoms with van der Waals surface area (Å²) in [6.45, 7) is 2.81. The van der Waals surface area contributed by atoms with Crippen LogP contribution < -0.4 is 22.5 Å². The zero-order chi connectivity index (χ0) is 67.2. The number of rotatable bonds is 15. The second kappa shape index (κ2) is 30.3. The first kappa shape index (κ1) is 69.9. The smallest absolute Gasteiger partial charge is 0.254 e. The zero-order valence-corrected chi connectivity index (χ0v) is 52.4. The van der Waals surface area contributed by atoms with Crippen molar-refractivity contribution >= 4 is 39.4 Å². The fourth-order valence-electron chi connectivity index (χ4n) is 14.1. The third kappa shape index (κ3) is 17.1. The first-order valence-corrected chi connectivity index (χ1v) is 33.3. The van der Waals surface area contributed by atoms with Crippen molar-refractivity contribution in [2.75, 3.05) is 58.4 Å². The number of nitrogens with two attached hydrogens (primary N) is 3. The van der Waals surface area contributed by atoms with E-state index in [0.29, 0.717) is 118 Å². The summed E-state index contributed by atoms with van der Waals surface area (Å²) in [5.74, 6) is -10.9. The standard InChI is InChI=1S/C27H30F3N3O3.C24H26F3N3O2.C16H21F3N2O3S/c28-22-15-24(30)23(29)13-18(22)14-25(31)19-11-20-4-5-21(12-19)33(20)27(35)17-3-1-2-16(10-17)26(34)32-6-8-36-9-7-32;1-29-23(31)13-3-2-4-14(7-13)24(32)30-17-5-6-18(30)9-16(8-17)22(28)11-15-10-20(26)21(27)12-19(15)25;1-25(23,24)9-16(22)21-4-2-10(3-5-21)15(20)7-11-6-13(18)14(19)8-12(11)17/h1-3,10,13,15,19-21,25H,4-9,11-12,14,31H2;2-4,7,10,12,16-18,22H,5-6,8-9,11,28H2,1H3,(H,29,31);6,8,10,15H,2-5,7,9,20H2,1H3/t19?,20-,21+,25-;16?,17-,18+,22-;15-/m111/s1. The molecule has 5 amide bonds. The van der Waals surface area contributed by atoms with Crippen LogP contribution in [-0.4, -0.2) is 158 Å². The molecule has 6 heterocycles. The Balaban J connectivity index is 0.000000167. The molecule has 16 nitrogen and oxygen atoms in total. The molecular formula is C67H77F9N8O8S. The Labute approximate surface area is 534 Å². The van der Waals surface area contributed by atoms with E-state index >= 15 is 0 Å². The van der Waals surface area contributed by atoms with Gasteiger partial charge in [0, 0.05) is 122 Å². The molecular weight excluding hydrogens is 1250 g/mol. The van der Waals surface area contributed by atoms with E-state index in [4.69, 9.17) is 21.9 Å². The topological polar surface area (TPSA) is 232 Å². The highest BCUT2D eigenvalue weighted by atomic mass is 32.2. The molecule has 0 aliphatic carbocycles. The molecule has 4 bridgehead atoms. The van der Waals surface area contributed by atoms with Crippen molar-refractivity contribution in [1.29, 1.82) is 0 Å². The fraction of sp³-hybridized carbons (Fsp3) is 0.478. The molecule has 0 spiro atoms. The summed E-state index contributed by atoms with van der Waals surface area (Å²) >= 11 is 0. The van der Waals surface area contributed by atoms with Crippen molar-refractivity contribution in [2.24, 2.45) is 35.0 Å². The van der Waals surface area contributed by atoms with E-state index in [1.54, 1.807) is 53.4 Å². The number of nitrogens with zero attached hydrogens (tertiary/aromatic N) is 4. The summed E-state index contributed by atoms with van der Waals surface area (Å²) < 4.78 is 149. The third-order valence-corrected chi connectivity index (χ3v) is 19.8. The van der Waals surface area contributed by atoms with Crippen molar-refractivity contribution in [1.82, 2.24) is 24.9 Å². The molecule has 6 aliphatic rings. The number of fused-ring (bicyclic) bond motifs is 4. The van der Waals surface area contributed by atoms with Crippen LogP contribution in [0.1, 0.15) is 122 Å². The number of sulfone groups is 1. The van der Waals surface area contributed by atoms with Crippen molar-refractivity contribution in [3.05, 3.63) is 176 Å². The summed E-state index contributed by atoms with van der Waals surface area (Å²) in [7, 11) is -1.84. The largest absolute Gasteiger partial charge is 0.378 e. The fourth-order valence-corrected chi connectivity index (χ4v) is 14.7. The highest BCUT2D eigenvalue weighted by Crippen LogP contribution is 2.43. The highest BCUT2D eigenvalue weighted by Gasteiger charge is 2.47. The number of carbonyl (C=O) groups excluding carboxylic acids is 5. The van der Waals surface area contributed by atoms with Gasteiger partial charge in [0.25, 0.3) is 23.6 Å². The molecule has 0 radical (unpaired) electrons. The van der Waals surface area contributed by atoms with Crippen LogP contribution in [0.4, 0.5) is 39.5 Å². The van der Waals surface area contributed by atoms with Gasteiger partial charge in [0.2, 0.25) is 5.91 Å². The van der Waals surface area contributed by atoms with Gasteiger partial charge in [-0.1, -0.05) is 12.1 Å². The van der Waals surface area contributed by atoms with Crippen molar-refractivity contribution in [3.63, 3.8) is 0 Å². The molecule has 0 aromatic heterocycles. The molecule has 6 fully saturated rings. The number of likely N-dealkylation sites (tertiary alicyclic amines) is 1. The van der Waals surface area contributed by atoms with Gasteiger partial charge in [-0.25, -0.2) is 47.9 Å². The minimum absolute atomic E-state index is 0.000650. The lowest BCUT2D eigenvalue weighted by molar-refractivity contribution is -0.129. The monoisotopic (exact) mass is 1320 g/mol. The summed E-state index contributed by atoms with van der Waals surface area (Å²) in [5, 5.41) is 2.56. The third-order valence-electron chi connectivity index (χ3n) is 19.0. The lowest BCUT2D eigenvalue weighted by Crippen LogP contribution is -2.50. The van der Waals surface area contributed by atoms with Gasteiger partial charge in [0.1, 0.15) is 23.2 Å². The molecule has 93 heavy (non-hydrogen) atoms. The minimum Gasteiger partial charge on any atom is -0.378 e. The van der Waals surface area contributed by atoms with Gasteiger partial charge in [-0.05, 0) is 173 Å². The van der Waals surface area contributed by atoms with Gasteiger partial charge < -0.3 is 46.9 Å². The average molecular weight is 1330 g/mol. The van der Waals surface area contributed by atoms with Gasteiger partial charge in [-0.15, -0.1) is 0 Å². The van der Waals surface area contributed by atoms with E-state index in [1.807, 2.05) is 9.80 Å².